The molecule has 0 spiro atoms. The molecular formula is C26H37NO2S. The van der Waals surface area contributed by atoms with Gasteiger partial charge < -0.3 is 5.11 Å². The van der Waals surface area contributed by atoms with Crippen molar-refractivity contribution in [3.63, 3.8) is 0 Å². The van der Waals surface area contributed by atoms with Crippen molar-refractivity contribution in [1.29, 1.82) is 0 Å². The largest absolute Gasteiger partial charge is 0.393 e. The maximum atomic E-state index is 13.3. The Kier molecular flexibility index (Phi) is 5.54. The third kappa shape index (κ3) is 3.37. The van der Waals surface area contributed by atoms with Crippen LogP contribution in [0.15, 0.2) is 29.4 Å². The number of carbonyl (C=O) groups excluding carboxylic acids is 1. The van der Waals surface area contributed by atoms with Gasteiger partial charge in [-0.1, -0.05) is 31.7 Å². The van der Waals surface area contributed by atoms with E-state index in [1.54, 1.807) is 11.8 Å². The summed E-state index contributed by atoms with van der Waals surface area (Å²) in [6, 6.07) is 5.92. The van der Waals surface area contributed by atoms with Gasteiger partial charge in [-0.3, -0.25) is 4.79 Å². The van der Waals surface area contributed by atoms with Gasteiger partial charge in [-0.05, 0) is 104 Å². The highest BCUT2D eigenvalue weighted by Gasteiger charge is 2.61. The first-order chi connectivity index (χ1) is 14.4. The minimum absolute atomic E-state index is 0.0708. The summed E-state index contributed by atoms with van der Waals surface area (Å²) in [5, 5.41) is 11.2. The smallest absolute Gasteiger partial charge is 0.146 e. The van der Waals surface area contributed by atoms with Crippen molar-refractivity contribution in [1.82, 2.24) is 4.98 Å². The average molecular weight is 428 g/mol. The number of aliphatic hydroxyl groups excluding tert-OH is 1. The lowest BCUT2D eigenvalue weighted by molar-refractivity contribution is -0.138. The van der Waals surface area contributed by atoms with Crippen molar-refractivity contribution in [2.75, 3.05) is 5.75 Å². The standard InChI is InChI=1S/C26H37NO2S/c1-25-12-10-18(28)15-17(25)6-7-19-20-8-9-22(26(20,2)13-11-21(19)25)23(29)16-30-24-5-3-4-14-27-24/h3-5,14,17-22,28H,6-13,15-16H2,1-2H3/t17-,18?,19+,20+,21+,22-,25+,26+/m1/s1. The number of aromatic nitrogens is 1. The van der Waals surface area contributed by atoms with Gasteiger partial charge in [0.15, 0.2) is 0 Å². The Bertz CT molecular complexity index is 784. The second-order valence-corrected chi connectivity index (χ2v) is 12.2. The molecule has 1 aromatic heterocycles. The first-order valence-corrected chi connectivity index (χ1v) is 13.1. The Labute approximate surface area is 185 Å². The monoisotopic (exact) mass is 427 g/mol. The molecule has 0 amide bonds. The van der Waals surface area contributed by atoms with Crippen LogP contribution in [0.1, 0.15) is 71.6 Å². The molecule has 164 valence electrons. The maximum Gasteiger partial charge on any atom is 0.146 e. The summed E-state index contributed by atoms with van der Waals surface area (Å²) in [7, 11) is 0. The fourth-order valence-electron chi connectivity index (χ4n) is 8.44. The number of nitrogens with zero attached hydrogens (tertiary/aromatic N) is 1. The van der Waals surface area contributed by atoms with Crippen molar-refractivity contribution in [3.8, 4) is 0 Å². The zero-order chi connectivity index (χ0) is 20.9. The van der Waals surface area contributed by atoms with Gasteiger partial charge in [-0.25, -0.2) is 4.98 Å². The van der Waals surface area contributed by atoms with Gasteiger partial charge in [0, 0.05) is 12.1 Å². The number of aliphatic hydroxyl groups is 1. The first-order valence-electron chi connectivity index (χ1n) is 12.2. The summed E-state index contributed by atoms with van der Waals surface area (Å²) in [4.78, 5) is 17.7. The van der Waals surface area contributed by atoms with Crippen molar-refractivity contribution >= 4 is 17.5 Å². The summed E-state index contributed by atoms with van der Waals surface area (Å²) in [5.41, 5.74) is 0.612. The summed E-state index contributed by atoms with van der Waals surface area (Å²) in [5.74, 6) is 4.28. The molecule has 1 N–H and O–H groups in total. The Balaban J connectivity index is 1.30. The average Bonchev–Trinajstić information content (AvgIpc) is 3.10. The van der Waals surface area contributed by atoms with Crippen LogP contribution >= 0.6 is 11.8 Å². The van der Waals surface area contributed by atoms with Gasteiger partial charge in [0.25, 0.3) is 0 Å². The second-order valence-electron chi connectivity index (χ2n) is 11.2. The lowest BCUT2D eigenvalue weighted by Gasteiger charge is -2.60. The molecule has 1 aromatic rings. The van der Waals surface area contributed by atoms with E-state index in [2.05, 4.69) is 18.8 Å². The number of fused-ring (bicyclic) bond motifs is 5. The van der Waals surface area contributed by atoms with Gasteiger partial charge in [0.2, 0.25) is 0 Å². The van der Waals surface area contributed by atoms with Crippen molar-refractivity contribution in [2.45, 2.75) is 82.8 Å². The third-order valence-electron chi connectivity index (χ3n) is 10.0. The van der Waals surface area contributed by atoms with E-state index < -0.39 is 0 Å². The van der Waals surface area contributed by atoms with E-state index in [0.717, 1.165) is 42.0 Å². The Hall–Kier alpha value is -0.870. The van der Waals surface area contributed by atoms with Crippen LogP contribution in [0.3, 0.4) is 0 Å². The topological polar surface area (TPSA) is 50.2 Å². The predicted octanol–water partition coefficient (Wildman–Crippen LogP) is 5.76. The molecule has 0 aliphatic heterocycles. The molecule has 4 aliphatic rings. The number of pyridine rings is 1. The number of carbonyl (C=O) groups is 1. The van der Waals surface area contributed by atoms with Crippen molar-refractivity contribution < 1.29 is 9.90 Å². The van der Waals surface area contributed by atoms with E-state index >= 15 is 0 Å². The second kappa shape index (κ2) is 7.92. The van der Waals surface area contributed by atoms with E-state index in [1.165, 1.54) is 38.5 Å². The Morgan fingerprint density at radius 1 is 1.07 bits per heavy atom. The molecule has 0 bridgehead atoms. The maximum absolute atomic E-state index is 13.3. The number of rotatable bonds is 4. The molecule has 0 saturated heterocycles. The molecule has 30 heavy (non-hydrogen) atoms. The normalized spacial score (nSPS) is 45.3. The zero-order valence-electron chi connectivity index (χ0n) is 18.6. The lowest BCUT2D eigenvalue weighted by atomic mass is 9.44. The molecule has 4 fully saturated rings. The highest BCUT2D eigenvalue weighted by molar-refractivity contribution is 7.99. The molecule has 3 nitrogen and oxygen atoms in total. The first kappa shape index (κ1) is 21.0. The molecule has 5 rings (SSSR count). The van der Waals surface area contributed by atoms with Gasteiger partial charge in [-0.15, -0.1) is 0 Å². The summed E-state index contributed by atoms with van der Waals surface area (Å²) in [6.07, 6.45) is 12.4. The minimum atomic E-state index is -0.0708. The van der Waals surface area contributed by atoms with E-state index in [-0.39, 0.29) is 17.4 Å². The molecule has 4 saturated carbocycles. The summed E-state index contributed by atoms with van der Waals surface area (Å²) < 4.78 is 0. The summed E-state index contributed by atoms with van der Waals surface area (Å²) in [6.45, 7) is 5.00. The zero-order valence-corrected chi connectivity index (χ0v) is 19.4. The van der Waals surface area contributed by atoms with E-state index in [9.17, 15) is 9.90 Å². The lowest BCUT2D eigenvalue weighted by Crippen LogP contribution is -2.54. The highest BCUT2D eigenvalue weighted by atomic mass is 32.2. The highest BCUT2D eigenvalue weighted by Crippen LogP contribution is 2.67. The number of ketones is 1. The van der Waals surface area contributed by atoms with Crippen LogP contribution < -0.4 is 0 Å². The van der Waals surface area contributed by atoms with Crippen LogP contribution in [-0.4, -0.2) is 27.7 Å². The SMILES string of the molecule is C[C@]12CCC(O)C[C@H]1CC[C@@H]1[C@@H]2CC[C@]2(C)[C@@H](C(=O)CSc3ccccn3)CC[C@@H]12. The van der Waals surface area contributed by atoms with Crippen LogP contribution in [0.2, 0.25) is 0 Å². The fourth-order valence-corrected chi connectivity index (χ4v) is 9.24. The van der Waals surface area contributed by atoms with Gasteiger partial charge in [0.1, 0.15) is 5.78 Å². The Morgan fingerprint density at radius 3 is 2.67 bits per heavy atom. The third-order valence-corrected chi connectivity index (χ3v) is 11.0. The molecule has 4 heteroatoms. The van der Waals surface area contributed by atoms with Crippen molar-refractivity contribution in [2.24, 2.45) is 40.4 Å². The minimum Gasteiger partial charge on any atom is -0.393 e. The number of thioether (sulfide) groups is 1. The molecule has 0 aromatic carbocycles. The van der Waals surface area contributed by atoms with Gasteiger partial charge >= 0.3 is 0 Å². The predicted molar refractivity (Wildman–Crippen MR) is 121 cm³/mol. The number of hydrogen-bond acceptors (Lipinski definition) is 4. The number of Topliss-reactive ketones (excluding diaryl/α,β-unsaturated/α-hetero) is 1. The molecule has 1 heterocycles. The van der Waals surface area contributed by atoms with Crippen LogP contribution in [0, 0.1) is 40.4 Å². The van der Waals surface area contributed by atoms with Gasteiger partial charge in [-0.2, -0.15) is 0 Å². The molecular weight excluding hydrogens is 390 g/mol. The van der Waals surface area contributed by atoms with E-state index in [0.29, 0.717) is 22.9 Å². The van der Waals surface area contributed by atoms with Crippen LogP contribution in [-0.2, 0) is 4.79 Å². The molecule has 1 unspecified atom stereocenters. The van der Waals surface area contributed by atoms with Crippen molar-refractivity contribution in [3.05, 3.63) is 24.4 Å². The Morgan fingerprint density at radius 2 is 1.87 bits per heavy atom. The van der Waals surface area contributed by atoms with E-state index in [1.807, 2.05) is 24.4 Å². The van der Waals surface area contributed by atoms with Crippen LogP contribution in [0.4, 0.5) is 0 Å². The van der Waals surface area contributed by atoms with Crippen LogP contribution in [0.25, 0.3) is 0 Å². The molecule has 4 aliphatic carbocycles. The quantitative estimate of drug-likeness (QED) is 0.620. The van der Waals surface area contributed by atoms with Gasteiger partial charge in [0.05, 0.1) is 16.9 Å². The van der Waals surface area contributed by atoms with E-state index in [4.69, 9.17) is 0 Å². The number of hydrogen-bond donors (Lipinski definition) is 1. The fraction of sp³-hybridized carbons (Fsp3) is 0.769. The van der Waals surface area contributed by atoms with Crippen LogP contribution in [0.5, 0.6) is 0 Å². The summed E-state index contributed by atoms with van der Waals surface area (Å²) >= 11 is 1.61. The molecule has 8 atom stereocenters. The molecule has 0 radical (unpaired) electrons.